The van der Waals surface area contributed by atoms with E-state index in [1.807, 2.05) is 0 Å². The number of nitrogens with one attached hydrogen (secondary N) is 1. The molecule has 6 nitrogen and oxygen atoms in total. The van der Waals surface area contributed by atoms with Gasteiger partial charge < -0.3 is 14.5 Å². The number of ether oxygens (including phenoxy) is 2. The maximum atomic E-state index is 12.8. The first-order chi connectivity index (χ1) is 11.6. The Kier molecular flexibility index (Phi) is 5.33. The summed E-state index contributed by atoms with van der Waals surface area (Å²) >= 11 is 5.91. The number of carbonyl (C=O) groups is 1. The van der Waals surface area contributed by atoms with E-state index < -0.39 is 22.6 Å². The van der Waals surface area contributed by atoms with Crippen molar-refractivity contribution in [2.45, 2.75) is 26.4 Å². The number of benzene rings is 1. The fourth-order valence-electron chi connectivity index (χ4n) is 2.21. The van der Waals surface area contributed by atoms with Crippen molar-refractivity contribution in [1.29, 1.82) is 0 Å². The zero-order valence-corrected chi connectivity index (χ0v) is 15.1. The Labute approximate surface area is 149 Å². The standard InChI is InChI=1S/C18H18ClNO5/c1-18(2,3)25-14(21)8-7-12-15(22)11-6-5-10(19)9-13(11)20-17(23)16(12)24-4/h5-9H,1-4H3,(H,20,23)/b8-7+. The van der Waals surface area contributed by atoms with Crippen molar-refractivity contribution in [3.05, 3.63) is 55.4 Å². The van der Waals surface area contributed by atoms with Crippen molar-refractivity contribution in [1.82, 2.24) is 4.98 Å². The maximum Gasteiger partial charge on any atom is 0.331 e. The molecule has 0 radical (unpaired) electrons. The molecule has 0 amide bonds. The average Bonchev–Trinajstić information content (AvgIpc) is 2.57. The van der Waals surface area contributed by atoms with Crippen LogP contribution in [-0.4, -0.2) is 23.7 Å². The van der Waals surface area contributed by atoms with Gasteiger partial charge in [-0.25, -0.2) is 4.79 Å². The molecule has 0 saturated heterocycles. The van der Waals surface area contributed by atoms with Gasteiger partial charge in [0, 0.05) is 16.5 Å². The molecule has 0 aliphatic heterocycles. The van der Waals surface area contributed by atoms with Crippen LogP contribution in [0.15, 0.2) is 33.9 Å². The van der Waals surface area contributed by atoms with Gasteiger partial charge in [0.15, 0.2) is 11.2 Å². The van der Waals surface area contributed by atoms with Crippen LogP contribution < -0.4 is 15.7 Å². The van der Waals surface area contributed by atoms with Gasteiger partial charge in [-0.2, -0.15) is 0 Å². The summed E-state index contributed by atoms with van der Waals surface area (Å²) in [5, 5.41) is 0.618. The minimum atomic E-state index is -0.673. The van der Waals surface area contributed by atoms with Crippen LogP contribution in [0, 0.1) is 0 Å². The van der Waals surface area contributed by atoms with E-state index >= 15 is 0 Å². The summed E-state index contributed by atoms with van der Waals surface area (Å²) in [6.07, 6.45) is 2.31. The number of hydrogen-bond acceptors (Lipinski definition) is 5. The van der Waals surface area contributed by atoms with Crippen molar-refractivity contribution in [2.75, 3.05) is 7.11 Å². The minimum Gasteiger partial charge on any atom is -0.491 e. The van der Waals surface area contributed by atoms with E-state index in [0.717, 1.165) is 6.08 Å². The third-order valence-electron chi connectivity index (χ3n) is 3.17. The Morgan fingerprint density at radius 1 is 1.24 bits per heavy atom. The highest BCUT2D eigenvalue weighted by Gasteiger charge is 2.16. The van der Waals surface area contributed by atoms with Crippen LogP contribution in [0.3, 0.4) is 0 Å². The van der Waals surface area contributed by atoms with Gasteiger partial charge in [-0.3, -0.25) is 9.59 Å². The van der Waals surface area contributed by atoms with Gasteiger partial charge in [0.05, 0.1) is 18.2 Å². The zero-order valence-electron chi connectivity index (χ0n) is 14.3. The Bertz CT molecular complexity index is 970. The zero-order chi connectivity index (χ0) is 18.8. The largest absolute Gasteiger partial charge is 0.491 e. The molecule has 1 aromatic heterocycles. The van der Waals surface area contributed by atoms with E-state index in [1.54, 1.807) is 20.8 Å². The molecule has 0 bridgehead atoms. The summed E-state index contributed by atoms with van der Waals surface area (Å²) in [6.45, 7) is 5.18. The fraction of sp³-hybridized carbons (Fsp3) is 0.278. The second-order valence-corrected chi connectivity index (χ2v) is 6.72. The lowest BCUT2D eigenvalue weighted by atomic mass is 10.1. The molecular formula is C18H18ClNO5. The summed E-state index contributed by atoms with van der Waals surface area (Å²) in [5.74, 6) is -0.832. The number of rotatable bonds is 3. The van der Waals surface area contributed by atoms with Crippen LogP contribution in [0.4, 0.5) is 0 Å². The number of halogens is 1. The average molecular weight is 364 g/mol. The van der Waals surface area contributed by atoms with Gasteiger partial charge in [-0.15, -0.1) is 0 Å². The topological polar surface area (TPSA) is 85.5 Å². The number of aromatic nitrogens is 1. The molecule has 0 unspecified atom stereocenters. The highest BCUT2D eigenvalue weighted by molar-refractivity contribution is 6.31. The number of H-pyrrole nitrogens is 1. The summed E-state index contributed by atoms with van der Waals surface area (Å²) in [7, 11) is 1.27. The molecule has 2 rings (SSSR count). The lowest BCUT2D eigenvalue weighted by Gasteiger charge is -2.17. The molecule has 132 valence electrons. The summed E-state index contributed by atoms with van der Waals surface area (Å²) in [6, 6.07) is 4.51. The van der Waals surface area contributed by atoms with E-state index in [0.29, 0.717) is 5.02 Å². The van der Waals surface area contributed by atoms with Gasteiger partial charge in [0.1, 0.15) is 5.60 Å². The molecule has 0 saturated carbocycles. The van der Waals surface area contributed by atoms with Crippen LogP contribution in [0.25, 0.3) is 17.0 Å². The molecule has 1 N–H and O–H groups in total. The Morgan fingerprint density at radius 2 is 1.92 bits per heavy atom. The van der Waals surface area contributed by atoms with E-state index in [4.69, 9.17) is 21.1 Å². The number of carbonyl (C=O) groups excluding carboxylic acids is 1. The van der Waals surface area contributed by atoms with E-state index in [1.165, 1.54) is 31.4 Å². The smallest absolute Gasteiger partial charge is 0.331 e. The number of hydrogen-bond donors (Lipinski definition) is 1. The number of esters is 1. The fourth-order valence-corrected chi connectivity index (χ4v) is 2.38. The van der Waals surface area contributed by atoms with Crippen LogP contribution >= 0.6 is 11.6 Å². The van der Waals surface area contributed by atoms with Crippen molar-refractivity contribution in [2.24, 2.45) is 0 Å². The van der Waals surface area contributed by atoms with Crippen LogP contribution in [0.1, 0.15) is 26.3 Å². The molecule has 25 heavy (non-hydrogen) atoms. The van der Waals surface area contributed by atoms with E-state index in [2.05, 4.69) is 4.98 Å². The summed E-state index contributed by atoms with van der Waals surface area (Å²) in [4.78, 5) is 39.5. The maximum absolute atomic E-state index is 12.8. The van der Waals surface area contributed by atoms with Gasteiger partial charge in [-0.1, -0.05) is 11.6 Å². The van der Waals surface area contributed by atoms with E-state index in [9.17, 15) is 14.4 Å². The van der Waals surface area contributed by atoms with Gasteiger partial charge in [-0.05, 0) is 45.0 Å². The number of fused-ring (bicyclic) bond motifs is 1. The molecular weight excluding hydrogens is 346 g/mol. The van der Waals surface area contributed by atoms with Crippen molar-refractivity contribution in [3.63, 3.8) is 0 Å². The van der Waals surface area contributed by atoms with Crippen molar-refractivity contribution in [3.8, 4) is 5.75 Å². The predicted octanol–water partition coefficient (Wildman–Crippen LogP) is 2.91. The molecule has 1 aromatic carbocycles. The second kappa shape index (κ2) is 7.11. The lowest BCUT2D eigenvalue weighted by Crippen LogP contribution is -2.22. The summed E-state index contributed by atoms with van der Waals surface area (Å²) in [5.41, 5.74) is -1.53. The molecule has 7 heteroatoms. The second-order valence-electron chi connectivity index (χ2n) is 6.29. The first-order valence-electron chi connectivity index (χ1n) is 7.47. The quantitative estimate of drug-likeness (QED) is 0.669. The molecule has 0 atom stereocenters. The first-order valence-corrected chi connectivity index (χ1v) is 7.85. The molecule has 0 aliphatic carbocycles. The molecule has 0 aliphatic rings. The highest BCUT2D eigenvalue weighted by atomic mass is 35.5. The molecule has 1 heterocycles. The van der Waals surface area contributed by atoms with Crippen molar-refractivity contribution < 1.29 is 14.3 Å². The molecule has 0 spiro atoms. The van der Waals surface area contributed by atoms with E-state index in [-0.39, 0.29) is 22.2 Å². The van der Waals surface area contributed by atoms with Crippen LogP contribution in [0.5, 0.6) is 5.75 Å². The third-order valence-corrected chi connectivity index (χ3v) is 3.40. The molecule has 2 aromatic rings. The Morgan fingerprint density at radius 3 is 2.52 bits per heavy atom. The highest BCUT2D eigenvalue weighted by Crippen LogP contribution is 2.17. The molecule has 0 fully saturated rings. The predicted molar refractivity (Wildman–Crippen MR) is 97.3 cm³/mol. The van der Waals surface area contributed by atoms with Gasteiger partial charge in [0.2, 0.25) is 0 Å². The monoisotopic (exact) mass is 363 g/mol. The lowest BCUT2D eigenvalue weighted by molar-refractivity contribution is -0.148. The number of methoxy groups -OCH3 is 1. The SMILES string of the molecule is COc1c(/C=C/C(=O)OC(C)(C)C)c(=O)c2ccc(Cl)cc2[nH]c1=O. The number of aromatic amines is 1. The Hall–Kier alpha value is -2.60. The summed E-state index contributed by atoms with van der Waals surface area (Å²) < 4.78 is 10.2. The minimum absolute atomic E-state index is 0.0491. The normalized spacial score (nSPS) is 11.7. The first kappa shape index (κ1) is 18.7. The Balaban J connectivity index is 2.69. The van der Waals surface area contributed by atoms with Crippen molar-refractivity contribution >= 4 is 34.5 Å². The van der Waals surface area contributed by atoms with Crippen LogP contribution in [-0.2, 0) is 9.53 Å². The van der Waals surface area contributed by atoms with Gasteiger partial charge >= 0.3 is 5.97 Å². The third kappa shape index (κ3) is 4.48. The van der Waals surface area contributed by atoms with Crippen LogP contribution in [0.2, 0.25) is 5.02 Å². The van der Waals surface area contributed by atoms with Gasteiger partial charge in [0.25, 0.3) is 5.56 Å².